The average Bonchev–Trinajstić information content (AvgIpc) is 3.29. The molecule has 1 unspecified atom stereocenters. The Hall–Kier alpha value is -2.46. The summed E-state index contributed by atoms with van der Waals surface area (Å²) < 4.78 is 43.9. The SMILES string of the molecule is CC(=O)c1ccccc1OCCOC(=O)c1ccc(Cl)c(S(=O)(=O)NCC2CCCO2)c1. The number of ether oxygens (including phenoxy) is 3. The first-order chi connectivity index (χ1) is 15.3. The first-order valence-corrected chi connectivity index (χ1v) is 11.9. The van der Waals surface area contributed by atoms with E-state index in [2.05, 4.69) is 4.72 Å². The van der Waals surface area contributed by atoms with Gasteiger partial charge in [0, 0.05) is 13.2 Å². The molecular weight excluding hydrogens is 458 g/mol. The molecule has 8 nitrogen and oxygen atoms in total. The second kappa shape index (κ2) is 10.9. The molecule has 0 aromatic heterocycles. The average molecular weight is 482 g/mol. The van der Waals surface area contributed by atoms with Crippen molar-refractivity contribution >= 4 is 33.4 Å². The Labute approximate surface area is 191 Å². The number of ketones is 1. The van der Waals surface area contributed by atoms with Gasteiger partial charge in [0.25, 0.3) is 0 Å². The van der Waals surface area contributed by atoms with Gasteiger partial charge >= 0.3 is 5.97 Å². The molecule has 0 aliphatic carbocycles. The van der Waals surface area contributed by atoms with Gasteiger partial charge in [-0.05, 0) is 50.1 Å². The lowest BCUT2D eigenvalue weighted by molar-refractivity contribution is 0.0449. The largest absolute Gasteiger partial charge is 0.489 e. The molecule has 172 valence electrons. The van der Waals surface area contributed by atoms with Crippen molar-refractivity contribution in [1.29, 1.82) is 0 Å². The number of halogens is 1. The number of esters is 1. The van der Waals surface area contributed by atoms with Crippen LogP contribution < -0.4 is 9.46 Å². The van der Waals surface area contributed by atoms with Crippen molar-refractivity contribution in [1.82, 2.24) is 4.72 Å². The molecule has 0 saturated carbocycles. The number of carbonyl (C=O) groups excluding carboxylic acids is 2. The number of benzene rings is 2. The summed E-state index contributed by atoms with van der Waals surface area (Å²) in [6, 6.07) is 10.6. The number of hydrogen-bond donors (Lipinski definition) is 1. The van der Waals surface area contributed by atoms with E-state index >= 15 is 0 Å². The van der Waals surface area contributed by atoms with E-state index in [1.807, 2.05) is 0 Å². The van der Waals surface area contributed by atoms with Crippen LogP contribution in [0.2, 0.25) is 5.02 Å². The molecule has 0 amide bonds. The highest BCUT2D eigenvalue weighted by atomic mass is 35.5. The zero-order valence-corrected chi connectivity index (χ0v) is 19.1. The van der Waals surface area contributed by atoms with E-state index in [9.17, 15) is 18.0 Å². The lowest BCUT2D eigenvalue weighted by atomic mass is 10.1. The molecule has 0 radical (unpaired) electrons. The summed E-state index contributed by atoms with van der Waals surface area (Å²) in [6.45, 7) is 2.11. The molecule has 1 atom stereocenters. The summed E-state index contributed by atoms with van der Waals surface area (Å²) in [4.78, 5) is 23.8. The van der Waals surface area contributed by atoms with E-state index in [-0.39, 0.29) is 47.1 Å². The minimum Gasteiger partial charge on any atom is -0.489 e. The lowest BCUT2D eigenvalue weighted by Gasteiger charge is -2.13. The maximum Gasteiger partial charge on any atom is 0.338 e. The van der Waals surface area contributed by atoms with Crippen LogP contribution in [-0.4, -0.2) is 52.6 Å². The molecule has 1 aliphatic rings. The van der Waals surface area contributed by atoms with Crippen molar-refractivity contribution in [3.63, 3.8) is 0 Å². The van der Waals surface area contributed by atoms with E-state index in [1.54, 1.807) is 24.3 Å². The number of rotatable bonds is 10. The van der Waals surface area contributed by atoms with Gasteiger partial charge in [-0.15, -0.1) is 0 Å². The molecule has 1 saturated heterocycles. The van der Waals surface area contributed by atoms with Crippen LogP contribution in [0.25, 0.3) is 0 Å². The minimum atomic E-state index is -3.93. The van der Waals surface area contributed by atoms with Gasteiger partial charge in [0.2, 0.25) is 10.0 Å². The van der Waals surface area contributed by atoms with Crippen molar-refractivity contribution in [3.05, 3.63) is 58.6 Å². The normalized spacial score (nSPS) is 16.0. The molecule has 1 aliphatic heterocycles. The molecule has 32 heavy (non-hydrogen) atoms. The number of hydrogen-bond acceptors (Lipinski definition) is 7. The van der Waals surface area contributed by atoms with Crippen molar-refractivity contribution in [2.24, 2.45) is 0 Å². The van der Waals surface area contributed by atoms with Crippen LogP contribution >= 0.6 is 11.6 Å². The van der Waals surface area contributed by atoms with Crippen LogP contribution in [-0.2, 0) is 19.5 Å². The van der Waals surface area contributed by atoms with Crippen LogP contribution in [0, 0.1) is 0 Å². The highest BCUT2D eigenvalue weighted by Gasteiger charge is 2.23. The van der Waals surface area contributed by atoms with Gasteiger partial charge in [-0.25, -0.2) is 17.9 Å². The number of carbonyl (C=O) groups is 2. The minimum absolute atomic E-state index is 0.00874. The van der Waals surface area contributed by atoms with Crippen molar-refractivity contribution in [3.8, 4) is 5.75 Å². The molecule has 1 N–H and O–H groups in total. The second-order valence-corrected chi connectivity index (χ2v) is 9.31. The number of para-hydroxylation sites is 1. The molecule has 2 aromatic carbocycles. The van der Waals surface area contributed by atoms with Crippen LogP contribution in [0.4, 0.5) is 0 Å². The summed E-state index contributed by atoms with van der Waals surface area (Å²) in [5.74, 6) is -0.463. The molecule has 2 aromatic rings. The number of Topliss-reactive ketones (excluding diaryl/α,β-unsaturated/α-hetero) is 1. The van der Waals surface area contributed by atoms with E-state index in [0.717, 1.165) is 12.8 Å². The van der Waals surface area contributed by atoms with Gasteiger partial charge in [-0.2, -0.15) is 0 Å². The van der Waals surface area contributed by atoms with Gasteiger partial charge in [0.05, 0.1) is 22.3 Å². The molecule has 3 rings (SSSR count). The topological polar surface area (TPSA) is 108 Å². The van der Waals surface area contributed by atoms with Crippen molar-refractivity contribution < 1.29 is 32.2 Å². The quantitative estimate of drug-likeness (QED) is 0.315. The number of sulfonamides is 1. The van der Waals surface area contributed by atoms with Crippen LogP contribution in [0.1, 0.15) is 40.5 Å². The third kappa shape index (κ3) is 6.29. The third-order valence-corrected chi connectivity index (χ3v) is 6.73. The fraction of sp³-hybridized carbons (Fsp3) is 0.364. The zero-order chi connectivity index (χ0) is 23.1. The molecule has 0 bridgehead atoms. The van der Waals surface area contributed by atoms with Crippen LogP contribution in [0.15, 0.2) is 47.4 Å². The second-order valence-electron chi connectivity index (χ2n) is 7.17. The first kappa shape index (κ1) is 24.2. The van der Waals surface area contributed by atoms with Crippen molar-refractivity contribution in [2.45, 2.75) is 30.8 Å². The smallest absolute Gasteiger partial charge is 0.338 e. The summed E-state index contributed by atoms with van der Waals surface area (Å²) in [7, 11) is -3.93. The fourth-order valence-electron chi connectivity index (χ4n) is 3.17. The molecule has 0 spiro atoms. The van der Waals surface area contributed by atoms with Gasteiger partial charge in [-0.1, -0.05) is 23.7 Å². The maximum atomic E-state index is 12.6. The highest BCUT2D eigenvalue weighted by Crippen LogP contribution is 2.24. The van der Waals surface area contributed by atoms with Crippen LogP contribution in [0.3, 0.4) is 0 Å². The van der Waals surface area contributed by atoms with Gasteiger partial charge in [-0.3, -0.25) is 4.79 Å². The third-order valence-electron chi connectivity index (χ3n) is 4.82. The summed E-state index contributed by atoms with van der Waals surface area (Å²) in [6.07, 6.45) is 1.49. The fourth-order valence-corrected chi connectivity index (χ4v) is 4.76. The monoisotopic (exact) mass is 481 g/mol. The first-order valence-electron chi connectivity index (χ1n) is 10.1. The predicted octanol–water partition coefficient (Wildman–Crippen LogP) is 3.24. The lowest BCUT2D eigenvalue weighted by Crippen LogP contribution is -2.32. The van der Waals surface area contributed by atoms with Crippen LogP contribution in [0.5, 0.6) is 5.75 Å². The molecule has 1 heterocycles. The number of nitrogens with one attached hydrogen (secondary N) is 1. The van der Waals surface area contributed by atoms with E-state index in [1.165, 1.54) is 25.1 Å². The molecule has 1 fully saturated rings. The Morgan fingerprint density at radius 1 is 1.19 bits per heavy atom. The van der Waals surface area contributed by atoms with E-state index in [0.29, 0.717) is 17.9 Å². The highest BCUT2D eigenvalue weighted by molar-refractivity contribution is 7.89. The summed E-state index contributed by atoms with van der Waals surface area (Å²) in [5.41, 5.74) is 0.470. The predicted molar refractivity (Wildman–Crippen MR) is 118 cm³/mol. The molecule has 10 heteroatoms. The van der Waals surface area contributed by atoms with Crippen molar-refractivity contribution in [2.75, 3.05) is 26.4 Å². The maximum absolute atomic E-state index is 12.6. The Kier molecular flexibility index (Phi) is 8.25. The van der Waals surface area contributed by atoms with E-state index in [4.69, 9.17) is 25.8 Å². The summed E-state index contributed by atoms with van der Waals surface area (Å²) >= 11 is 6.07. The van der Waals surface area contributed by atoms with Gasteiger partial charge in [0.15, 0.2) is 5.78 Å². The molecular formula is C22H24ClNO7S. The van der Waals surface area contributed by atoms with E-state index < -0.39 is 16.0 Å². The van der Waals surface area contributed by atoms with Gasteiger partial charge < -0.3 is 14.2 Å². The Morgan fingerprint density at radius 3 is 2.69 bits per heavy atom. The standard InChI is InChI=1S/C22H24ClNO7S/c1-15(25)18-6-2-3-7-20(18)30-11-12-31-22(26)16-8-9-19(23)21(13-16)32(27,28)24-14-17-5-4-10-29-17/h2-3,6-9,13,17,24H,4-5,10-12,14H2,1H3. The Balaban J connectivity index is 1.58. The Morgan fingerprint density at radius 2 is 1.97 bits per heavy atom. The summed E-state index contributed by atoms with van der Waals surface area (Å²) in [5, 5.41) is -0.00874. The zero-order valence-electron chi connectivity index (χ0n) is 17.5. The van der Waals surface area contributed by atoms with Gasteiger partial charge in [0.1, 0.15) is 23.9 Å². The Bertz CT molecular complexity index is 1080.